The maximum atomic E-state index is 14.5. The van der Waals surface area contributed by atoms with Crippen LogP contribution in [0.25, 0.3) is 10.9 Å². The molecule has 4 aliphatic heterocycles. The van der Waals surface area contributed by atoms with Crippen LogP contribution in [0.2, 0.25) is 0 Å². The van der Waals surface area contributed by atoms with E-state index in [1.807, 2.05) is 72.2 Å². The minimum atomic E-state index is -1.85. The summed E-state index contributed by atoms with van der Waals surface area (Å²) in [7, 11) is 5.69. The maximum absolute atomic E-state index is 14.5. The summed E-state index contributed by atoms with van der Waals surface area (Å²) in [6, 6.07) is 4.50. The lowest BCUT2D eigenvalue weighted by Gasteiger charge is -2.51. The van der Waals surface area contributed by atoms with E-state index in [2.05, 4.69) is 4.90 Å². The lowest BCUT2D eigenvalue weighted by molar-refractivity contribution is -0.324. The summed E-state index contributed by atoms with van der Waals surface area (Å²) in [5.74, 6) is -4.44. The highest BCUT2D eigenvalue weighted by atomic mass is 16.7. The van der Waals surface area contributed by atoms with E-state index >= 15 is 0 Å². The number of aromatic nitrogens is 1. The summed E-state index contributed by atoms with van der Waals surface area (Å²) in [5, 5.41) is 47.4. The van der Waals surface area contributed by atoms with Crippen LogP contribution in [0.3, 0.4) is 0 Å². The summed E-state index contributed by atoms with van der Waals surface area (Å²) in [4.78, 5) is 56.6. The van der Waals surface area contributed by atoms with Crippen molar-refractivity contribution in [1.82, 2.24) is 14.4 Å². The number of hydrogen-bond acceptors (Lipinski definition) is 18. The number of nitrogens with zero attached hydrogens (tertiary/aromatic N) is 3. The van der Waals surface area contributed by atoms with E-state index in [0.717, 1.165) is 12.8 Å². The lowest BCUT2D eigenvalue weighted by Crippen LogP contribution is -2.65. The minimum Gasteiger partial charge on any atom is -0.491 e. The van der Waals surface area contributed by atoms with E-state index < -0.39 is 108 Å². The second kappa shape index (κ2) is 24.1. The number of benzene rings is 1. The van der Waals surface area contributed by atoms with Gasteiger partial charge in [0.25, 0.3) is 0 Å². The van der Waals surface area contributed by atoms with Crippen LogP contribution < -0.4 is 10.2 Å². The molecule has 0 radical (unpaired) electrons. The van der Waals surface area contributed by atoms with Crippen LogP contribution in [-0.2, 0) is 47.5 Å². The number of aliphatic hydroxyl groups is 3. The predicted molar refractivity (Wildman–Crippen MR) is 274 cm³/mol. The van der Waals surface area contributed by atoms with Crippen molar-refractivity contribution in [3.8, 4) is 5.75 Å². The first-order chi connectivity index (χ1) is 35.3. The molecule has 1 aromatic carbocycles. The third-order valence-corrected chi connectivity index (χ3v) is 16.6. The number of carbonyl (C=O) groups is 3. The SMILES string of the molecule is CC[C@H]1OC(=O)[C@H](C)[C@@H](OC2C[C@H](C)[C@@H](OC(=O)CCOCCOc3ccc4c(c3)c(=O)c(C(=O)O)cn4C3CC3)[C@H](C)O2)[C@H](C)[C@@H](OC2O[C@H](C)C[C@H](N(C)C)[C@H]2O)[C@](C)(O)C2O[C@H]([C@@H](C)N(C)C[C@@H]2C)[C@]1(C)O. The molecule has 2 bridgehead atoms. The van der Waals surface area contributed by atoms with Gasteiger partial charge in [-0.2, -0.15) is 0 Å². The van der Waals surface area contributed by atoms with Gasteiger partial charge < -0.3 is 77.4 Å². The molecule has 5 fully saturated rings. The summed E-state index contributed by atoms with van der Waals surface area (Å²) < 4.78 is 59.1. The molecule has 7 rings (SSSR count). The van der Waals surface area contributed by atoms with E-state index in [1.165, 1.54) is 6.20 Å². The molecular weight excluding hydrogens is 975 g/mol. The number of esters is 2. The van der Waals surface area contributed by atoms with Gasteiger partial charge in [0.15, 0.2) is 12.6 Å². The molecule has 0 amide bonds. The fourth-order valence-corrected chi connectivity index (χ4v) is 12.2. The molecule has 19 atom stereocenters. The van der Waals surface area contributed by atoms with Crippen LogP contribution in [0.15, 0.2) is 29.2 Å². The van der Waals surface area contributed by atoms with E-state index in [4.69, 9.17) is 42.6 Å². The zero-order valence-electron chi connectivity index (χ0n) is 46.2. The molecule has 0 spiro atoms. The van der Waals surface area contributed by atoms with Gasteiger partial charge in [-0.3, -0.25) is 14.4 Å². The van der Waals surface area contributed by atoms with Crippen molar-refractivity contribution < 1.29 is 77.4 Å². The third-order valence-electron chi connectivity index (χ3n) is 16.6. The van der Waals surface area contributed by atoms with Gasteiger partial charge in [0, 0.05) is 49.1 Å². The molecule has 2 aromatic rings. The maximum Gasteiger partial charge on any atom is 0.341 e. The second-order valence-electron chi connectivity index (χ2n) is 22.9. The molecule has 1 saturated carbocycles. The van der Waals surface area contributed by atoms with Gasteiger partial charge >= 0.3 is 17.9 Å². The normalized spacial score (nSPS) is 39.3. The first-order valence-electron chi connectivity index (χ1n) is 27.1. The minimum absolute atomic E-state index is 0.0453. The van der Waals surface area contributed by atoms with E-state index in [-0.39, 0.29) is 86.1 Å². The molecule has 4 N–H and O–H groups in total. The molecule has 422 valence electrons. The van der Waals surface area contributed by atoms with Gasteiger partial charge in [-0.05, 0) is 112 Å². The summed E-state index contributed by atoms with van der Waals surface area (Å²) in [5.41, 5.74) is -3.78. The Hall–Kier alpha value is -3.80. The Labute approximate surface area is 441 Å². The number of likely N-dealkylation sites (N-methyl/N-ethyl adjacent to an activating group) is 2. The summed E-state index contributed by atoms with van der Waals surface area (Å²) in [6.07, 6.45) is -5.68. The third kappa shape index (κ3) is 12.9. The second-order valence-corrected chi connectivity index (χ2v) is 22.9. The molecule has 75 heavy (non-hydrogen) atoms. The Morgan fingerprint density at radius 2 is 1.59 bits per heavy atom. The monoisotopic (exact) mass is 1060 g/mol. The molecule has 4 saturated heterocycles. The van der Waals surface area contributed by atoms with Crippen molar-refractivity contribution >= 4 is 28.8 Å². The van der Waals surface area contributed by atoms with Crippen molar-refractivity contribution in [3.63, 3.8) is 0 Å². The van der Waals surface area contributed by atoms with Gasteiger partial charge in [0.05, 0.1) is 67.0 Å². The average Bonchev–Trinajstić information content (AvgIpc) is 4.20. The quantitative estimate of drug-likeness (QED) is 0.133. The molecular formula is C55H85N3O17. The highest BCUT2D eigenvalue weighted by Crippen LogP contribution is 2.44. The number of rotatable bonds is 16. The molecule has 5 heterocycles. The topological polar surface area (TPSA) is 244 Å². The molecule has 20 heteroatoms. The number of carboxylic acid groups (broad SMARTS) is 1. The first-order valence-corrected chi connectivity index (χ1v) is 27.1. The van der Waals surface area contributed by atoms with E-state index in [0.29, 0.717) is 24.2 Å². The van der Waals surface area contributed by atoms with Gasteiger partial charge in [0.1, 0.15) is 53.5 Å². The largest absolute Gasteiger partial charge is 0.491 e. The number of ether oxygens (including phenoxy) is 9. The fraction of sp³-hybridized carbons (Fsp3) is 0.782. The number of fused-ring (bicyclic) bond motifs is 3. The zero-order valence-corrected chi connectivity index (χ0v) is 46.2. The Morgan fingerprint density at radius 3 is 2.23 bits per heavy atom. The Kier molecular flexibility index (Phi) is 18.9. The zero-order chi connectivity index (χ0) is 55.0. The van der Waals surface area contributed by atoms with Crippen molar-refractivity contribution in [2.75, 3.05) is 47.5 Å². The van der Waals surface area contributed by atoms with E-state index in [1.54, 1.807) is 45.9 Å². The summed E-state index contributed by atoms with van der Waals surface area (Å²) >= 11 is 0. The van der Waals surface area contributed by atoms with Crippen LogP contribution >= 0.6 is 0 Å². The average molecular weight is 1060 g/mol. The highest BCUT2D eigenvalue weighted by molar-refractivity contribution is 5.93. The molecule has 1 aliphatic carbocycles. The standard InChI is InChI=1S/C55H85N3O17/c1-14-41-54(9,65)50-33(7)57(13)26-29(3)48(74-50)55(10,66)49(75-53-45(61)40(56(11)12)24-30(4)69-53)31(5)47(32(6)52(64)71-41)73-43-23-28(2)46(34(8)70-43)72-42(59)19-20-67-21-22-68-36-17-18-39-37(25-36)44(60)38(51(62)63)27-58(39)35-15-16-35/h17-18,25,27-35,40-41,43,45-50,53,61,65-66H,14-16,19-24,26H2,1-13H3,(H,62,63)/t28-,29-,30+,31-,32+,33+,34-,40-,41+,43?,45+,46+,47-,48?,49+,50+,53?,54+,55+/m0/s1. The summed E-state index contributed by atoms with van der Waals surface area (Å²) in [6.45, 7) is 18.9. The number of carbonyl (C=O) groups excluding carboxylic acids is 2. The van der Waals surface area contributed by atoms with Crippen LogP contribution in [0.1, 0.15) is 124 Å². The Morgan fingerprint density at radius 1 is 0.880 bits per heavy atom. The Bertz CT molecular complexity index is 2350. The first kappa shape index (κ1) is 58.9. The number of aromatic carboxylic acids is 1. The van der Waals surface area contributed by atoms with Gasteiger partial charge in [-0.15, -0.1) is 0 Å². The predicted octanol–water partition coefficient (Wildman–Crippen LogP) is 4.53. The molecule has 3 unspecified atom stereocenters. The van der Waals surface area contributed by atoms with Crippen LogP contribution in [-0.4, -0.2) is 191 Å². The fourth-order valence-electron chi connectivity index (χ4n) is 12.2. The van der Waals surface area contributed by atoms with Gasteiger partial charge in [0.2, 0.25) is 5.43 Å². The van der Waals surface area contributed by atoms with E-state index in [9.17, 15) is 39.6 Å². The van der Waals surface area contributed by atoms with Crippen LogP contribution in [0.4, 0.5) is 0 Å². The number of carboxylic acids is 1. The smallest absolute Gasteiger partial charge is 0.341 e. The van der Waals surface area contributed by atoms with Crippen LogP contribution in [0.5, 0.6) is 5.75 Å². The molecule has 20 nitrogen and oxygen atoms in total. The van der Waals surface area contributed by atoms with Crippen molar-refractivity contribution in [3.05, 3.63) is 40.2 Å². The Balaban J connectivity index is 1.03. The van der Waals surface area contributed by atoms with Crippen molar-refractivity contribution in [1.29, 1.82) is 0 Å². The van der Waals surface area contributed by atoms with Crippen LogP contribution in [0, 0.1) is 23.7 Å². The van der Waals surface area contributed by atoms with Gasteiger partial charge in [-0.25, -0.2) is 4.79 Å². The number of cyclic esters (lactones) is 1. The number of hydrogen-bond donors (Lipinski definition) is 4. The number of aliphatic hydroxyl groups excluding tert-OH is 1. The molecule has 1 aromatic heterocycles. The molecule has 5 aliphatic rings. The lowest BCUT2D eigenvalue weighted by atomic mass is 9.75. The van der Waals surface area contributed by atoms with Crippen molar-refractivity contribution in [2.24, 2.45) is 23.7 Å². The highest BCUT2D eigenvalue weighted by Gasteiger charge is 2.58. The van der Waals surface area contributed by atoms with Crippen molar-refractivity contribution in [2.45, 2.75) is 205 Å². The van der Waals surface area contributed by atoms with Gasteiger partial charge in [-0.1, -0.05) is 27.7 Å². The number of pyridine rings is 1.